The van der Waals surface area contributed by atoms with E-state index in [0.29, 0.717) is 0 Å². The highest BCUT2D eigenvalue weighted by Crippen LogP contribution is 2.20. The molecule has 0 aliphatic carbocycles. The van der Waals surface area contributed by atoms with E-state index in [1.807, 2.05) is 0 Å². The van der Waals surface area contributed by atoms with Gasteiger partial charge in [-0.3, -0.25) is 0 Å². The van der Waals surface area contributed by atoms with E-state index in [-0.39, 0.29) is 0 Å². The lowest BCUT2D eigenvalue weighted by atomic mass is 10.2. The SMILES string of the molecule is Brc1cc(CNCc2nnc3n2CCCCC3)cs1. The van der Waals surface area contributed by atoms with Crippen LogP contribution in [0.5, 0.6) is 0 Å². The Balaban J connectivity index is 1.59. The van der Waals surface area contributed by atoms with E-state index in [0.717, 1.165) is 37.7 Å². The molecule has 6 heteroatoms. The van der Waals surface area contributed by atoms with Crippen LogP contribution in [0.15, 0.2) is 15.2 Å². The Morgan fingerprint density at radius 1 is 1.26 bits per heavy atom. The Labute approximate surface area is 125 Å². The largest absolute Gasteiger partial charge is 0.314 e. The van der Waals surface area contributed by atoms with Gasteiger partial charge in [0.05, 0.1) is 10.3 Å². The molecule has 2 aromatic rings. The highest BCUT2D eigenvalue weighted by molar-refractivity contribution is 9.11. The molecule has 19 heavy (non-hydrogen) atoms. The first-order chi connectivity index (χ1) is 9.33. The van der Waals surface area contributed by atoms with Crippen molar-refractivity contribution in [3.05, 3.63) is 32.4 Å². The number of aryl methyl sites for hydroxylation is 1. The minimum Gasteiger partial charge on any atom is -0.314 e. The molecule has 3 heterocycles. The Hall–Kier alpha value is -0.720. The molecular weight excluding hydrogens is 324 g/mol. The zero-order valence-electron chi connectivity index (χ0n) is 10.7. The van der Waals surface area contributed by atoms with Crippen molar-refractivity contribution in [2.45, 2.75) is 45.3 Å². The maximum absolute atomic E-state index is 4.32. The normalized spacial score (nSPS) is 15.2. The van der Waals surface area contributed by atoms with Crippen LogP contribution in [0.3, 0.4) is 0 Å². The lowest BCUT2D eigenvalue weighted by molar-refractivity contribution is 0.573. The van der Waals surface area contributed by atoms with Crippen molar-refractivity contribution in [2.24, 2.45) is 0 Å². The van der Waals surface area contributed by atoms with Gasteiger partial charge in [0, 0.05) is 19.5 Å². The summed E-state index contributed by atoms with van der Waals surface area (Å²) in [6.45, 7) is 2.74. The molecule has 0 fully saturated rings. The van der Waals surface area contributed by atoms with Gasteiger partial charge in [0.25, 0.3) is 0 Å². The zero-order chi connectivity index (χ0) is 13.1. The predicted molar refractivity (Wildman–Crippen MR) is 80.1 cm³/mol. The van der Waals surface area contributed by atoms with Gasteiger partial charge in [-0.2, -0.15) is 0 Å². The summed E-state index contributed by atoms with van der Waals surface area (Å²) in [5, 5.41) is 14.3. The van der Waals surface area contributed by atoms with Crippen molar-refractivity contribution in [3.63, 3.8) is 0 Å². The molecule has 0 bridgehead atoms. The summed E-state index contributed by atoms with van der Waals surface area (Å²) in [7, 11) is 0. The molecule has 0 radical (unpaired) electrons. The van der Waals surface area contributed by atoms with Crippen molar-refractivity contribution in [1.82, 2.24) is 20.1 Å². The highest BCUT2D eigenvalue weighted by Gasteiger charge is 2.13. The van der Waals surface area contributed by atoms with Crippen LogP contribution in [0.2, 0.25) is 0 Å². The summed E-state index contributed by atoms with van der Waals surface area (Å²) in [4.78, 5) is 0. The molecule has 0 saturated heterocycles. The second kappa shape index (κ2) is 6.15. The third-order valence-electron chi connectivity index (χ3n) is 3.42. The minimum absolute atomic E-state index is 0.792. The van der Waals surface area contributed by atoms with Gasteiger partial charge in [-0.05, 0) is 45.8 Å². The van der Waals surface area contributed by atoms with Gasteiger partial charge in [-0.25, -0.2) is 0 Å². The summed E-state index contributed by atoms with van der Waals surface area (Å²) in [5.41, 5.74) is 1.31. The van der Waals surface area contributed by atoms with Crippen LogP contribution in [-0.4, -0.2) is 14.8 Å². The maximum Gasteiger partial charge on any atom is 0.147 e. The first kappa shape index (κ1) is 13.3. The van der Waals surface area contributed by atoms with E-state index in [1.165, 1.54) is 28.6 Å². The van der Waals surface area contributed by atoms with Gasteiger partial charge in [0.1, 0.15) is 11.6 Å². The minimum atomic E-state index is 0.792. The highest BCUT2D eigenvalue weighted by atomic mass is 79.9. The average molecular weight is 341 g/mol. The van der Waals surface area contributed by atoms with Crippen LogP contribution >= 0.6 is 27.3 Å². The van der Waals surface area contributed by atoms with Crippen molar-refractivity contribution < 1.29 is 0 Å². The first-order valence-corrected chi connectivity index (χ1v) is 8.35. The summed E-state index contributed by atoms with van der Waals surface area (Å²) in [5.74, 6) is 2.23. The van der Waals surface area contributed by atoms with E-state index in [1.54, 1.807) is 11.3 Å². The first-order valence-electron chi connectivity index (χ1n) is 6.67. The summed E-state index contributed by atoms with van der Waals surface area (Å²) < 4.78 is 3.48. The number of nitrogens with one attached hydrogen (secondary N) is 1. The molecule has 2 aromatic heterocycles. The van der Waals surface area contributed by atoms with Crippen LogP contribution < -0.4 is 5.32 Å². The number of hydrogen-bond acceptors (Lipinski definition) is 4. The standard InChI is InChI=1S/C13H17BrN4S/c14-11-6-10(9-19-11)7-15-8-13-17-16-12-4-2-1-3-5-18(12)13/h6,9,15H,1-5,7-8H2. The Bertz CT molecular complexity index is 549. The van der Waals surface area contributed by atoms with Crippen molar-refractivity contribution in [3.8, 4) is 0 Å². The van der Waals surface area contributed by atoms with Gasteiger partial charge in [-0.1, -0.05) is 6.42 Å². The number of fused-ring (bicyclic) bond motifs is 1. The number of nitrogens with zero attached hydrogens (tertiary/aromatic N) is 3. The third kappa shape index (κ3) is 3.24. The second-order valence-electron chi connectivity index (χ2n) is 4.86. The molecule has 1 N–H and O–H groups in total. The molecule has 1 aliphatic heterocycles. The van der Waals surface area contributed by atoms with Crippen LogP contribution in [0.1, 0.15) is 36.5 Å². The van der Waals surface area contributed by atoms with Gasteiger partial charge >= 0.3 is 0 Å². The van der Waals surface area contributed by atoms with Gasteiger partial charge in [0.2, 0.25) is 0 Å². The molecule has 4 nitrogen and oxygen atoms in total. The quantitative estimate of drug-likeness (QED) is 0.929. The summed E-state index contributed by atoms with van der Waals surface area (Å²) in [6.07, 6.45) is 4.87. The van der Waals surface area contributed by atoms with Crippen molar-refractivity contribution in [1.29, 1.82) is 0 Å². The monoisotopic (exact) mass is 340 g/mol. The summed E-state index contributed by atoms with van der Waals surface area (Å²) >= 11 is 5.21. The average Bonchev–Trinajstić information content (AvgIpc) is 2.90. The van der Waals surface area contributed by atoms with E-state index >= 15 is 0 Å². The zero-order valence-corrected chi connectivity index (χ0v) is 13.1. The van der Waals surface area contributed by atoms with E-state index < -0.39 is 0 Å². The van der Waals surface area contributed by atoms with Crippen LogP contribution in [0.25, 0.3) is 0 Å². The fourth-order valence-electron chi connectivity index (χ4n) is 2.43. The van der Waals surface area contributed by atoms with Crippen molar-refractivity contribution >= 4 is 27.3 Å². The Morgan fingerprint density at radius 2 is 2.21 bits per heavy atom. The fourth-order valence-corrected chi connectivity index (χ4v) is 3.64. The van der Waals surface area contributed by atoms with E-state index in [4.69, 9.17) is 0 Å². The molecule has 0 unspecified atom stereocenters. The molecular formula is C13H17BrN4S. The molecule has 102 valence electrons. The molecule has 0 spiro atoms. The summed E-state index contributed by atoms with van der Waals surface area (Å²) in [6, 6.07) is 2.15. The molecule has 1 aliphatic rings. The van der Waals surface area contributed by atoms with Gasteiger partial charge in [-0.15, -0.1) is 21.5 Å². The number of rotatable bonds is 4. The van der Waals surface area contributed by atoms with Crippen LogP contribution in [0.4, 0.5) is 0 Å². The van der Waals surface area contributed by atoms with Crippen molar-refractivity contribution in [2.75, 3.05) is 0 Å². The molecule has 0 aromatic carbocycles. The fraction of sp³-hybridized carbons (Fsp3) is 0.538. The van der Waals surface area contributed by atoms with E-state index in [9.17, 15) is 0 Å². The Kier molecular flexibility index (Phi) is 4.30. The number of thiophene rings is 1. The maximum atomic E-state index is 4.32. The number of aromatic nitrogens is 3. The number of hydrogen-bond donors (Lipinski definition) is 1. The topological polar surface area (TPSA) is 42.7 Å². The Morgan fingerprint density at radius 3 is 3.05 bits per heavy atom. The molecule has 3 rings (SSSR count). The molecule has 0 atom stereocenters. The lowest BCUT2D eigenvalue weighted by Crippen LogP contribution is -2.17. The predicted octanol–water partition coefficient (Wildman–Crippen LogP) is 3.12. The van der Waals surface area contributed by atoms with Gasteiger partial charge in [0.15, 0.2) is 0 Å². The lowest BCUT2D eigenvalue weighted by Gasteiger charge is -2.07. The van der Waals surface area contributed by atoms with Crippen LogP contribution in [0, 0.1) is 0 Å². The van der Waals surface area contributed by atoms with E-state index in [2.05, 4.69) is 47.5 Å². The van der Waals surface area contributed by atoms with Gasteiger partial charge < -0.3 is 9.88 Å². The van der Waals surface area contributed by atoms with Crippen LogP contribution in [-0.2, 0) is 26.1 Å². The smallest absolute Gasteiger partial charge is 0.147 e. The second-order valence-corrected chi connectivity index (χ2v) is 7.15. The number of halogens is 1. The molecule has 0 amide bonds. The molecule has 0 saturated carbocycles. The third-order valence-corrected chi connectivity index (χ3v) is 4.97.